The van der Waals surface area contributed by atoms with Gasteiger partial charge in [0.15, 0.2) is 0 Å². The topological polar surface area (TPSA) is 129 Å². The van der Waals surface area contributed by atoms with E-state index < -0.39 is 9.85 Å². The molecule has 9 heteroatoms. The number of nitro groups is 3. The summed E-state index contributed by atoms with van der Waals surface area (Å²) in [5.41, 5.74) is 4.76. The van der Waals surface area contributed by atoms with E-state index >= 15 is 0 Å². The maximum atomic E-state index is 11.0. The number of rotatable bonds is 7. The van der Waals surface area contributed by atoms with E-state index in [4.69, 9.17) is 0 Å². The lowest BCUT2D eigenvalue weighted by Gasteiger charge is -2.05. The highest BCUT2D eigenvalue weighted by Crippen LogP contribution is 2.30. The molecule has 4 aromatic rings. The van der Waals surface area contributed by atoms with Gasteiger partial charge in [0.1, 0.15) is 5.56 Å². The van der Waals surface area contributed by atoms with Crippen LogP contribution >= 0.6 is 0 Å². The molecule has 0 N–H and O–H groups in total. The second kappa shape index (κ2) is 12.2. The number of para-hydroxylation sites is 1. The molecule has 0 amide bonds. The van der Waals surface area contributed by atoms with Gasteiger partial charge in [-0.3, -0.25) is 30.3 Å². The van der Waals surface area contributed by atoms with Crippen molar-refractivity contribution < 1.29 is 14.8 Å². The molecule has 9 nitrogen and oxygen atoms in total. The van der Waals surface area contributed by atoms with Gasteiger partial charge in [-0.05, 0) is 31.0 Å². The van der Waals surface area contributed by atoms with Gasteiger partial charge in [-0.1, -0.05) is 77.9 Å². The summed E-state index contributed by atoms with van der Waals surface area (Å²) in [4.78, 5) is 31.4. The molecular formula is C28H25N3O6. The lowest BCUT2D eigenvalue weighted by molar-refractivity contribution is -0.395. The van der Waals surface area contributed by atoms with Crippen LogP contribution in [0.15, 0.2) is 91.0 Å². The van der Waals surface area contributed by atoms with Crippen molar-refractivity contribution in [3.63, 3.8) is 0 Å². The fourth-order valence-electron chi connectivity index (χ4n) is 3.76. The summed E-state index contributed by atoms with van der Waals surface area (Å²) in [5.74, 6) is 0. The highest BCUT2D eigenvalue weighted by atomic mass is 16.6. The van der Waals surface area contributed by atoms with Crippen molar-refractivity contribution >= 4 is 17.1 Å². The molecule has 0 heterocycles. The quantitative estimate of drug-likeness (QED) is 0.201. The Morgan fingerprint density at radius 2 is 0.919 bits per heavy atom. The first-order valence-electron chi connectivity index (χ1n) is 11.4. The summed E-state index contributed by atoms with van der Waals surface area (Å²) >= 11 is 0. The van der Waals surface area contributed by atoms with E-state index in [-0.39, 0.29) is 34.0 Å². The van der Waals surface area contributed by atoms with Gasteiger partial charge in [0.05, 0.1) is 14.8 Å². The standard InChI is InChI=1S/C14H12N2O4.C14H13NO2/c1-10-5-7-11(8-6-10)9-12-13(15(17)18)3-2-4-14(12)16(19)20;1-11-6-8-12(9-7-11)10-13-4-2-3-5-14(13)15(16)17/h2-8H,9H2,1H3;2-9H,10H2,1H3. The monoisotopic (exact) mass is 499 g/mol. The lowest BCUT2D eigenvalue weighted by atomic mass is 10.0. The molecule has 0 aliphatic heterocycles. The first-order valence-corrected chi connectivity index (χ1v) is 11.4. The van der Waals surface area contributed by atoms with Crippen LogP contribution in [0.25, 0.3) is 0 Å². The van der Waals surface area contributed by atoms with Crippen LogP contribution in [0, 0.1) is 44.2 Å². The van der Waals surface area contributed by atoms with E-state index in [9.17, 15) is 30.3 Å². The second-order valence-corrected chi connectivity index (χ2v) is 8.50. The zero-order chi connectivity index (χ0) is 26.9. The summed E-state index contributed by atoms with van der Waals surface area (Å²) < 4.78 is 0. The smallest absolute Gasteiger partial charge is 0.258 e. The third-order valence-electron chi connectivity index (χ3n) is 5.72. The van der Waals surface area contributed by atoms with Gasteiger partial charge in [0.25, 0.3) is 17.1 Å². The molecule has 0 radical (unpaired) electrons. The van der Waals surface area contributed by atoms with E-state index in [1.54, 1.807) is 18.2 Å². The Morgan fingerprint density at radius 3 is 1.38 bits per heavy atom. The lowest BCUT2D eigenvalue weighted by Crippen LogP contribution is -2.02. The predicted molar refractivity (Wildman–Crippen MR) is 141 cm³/mol. The molecule has 0 aromatic heterocycles. The van der Waals surface area contributed by atoms with E-state index in [1.165, 1.54) is 23.8 Å². The molecule has 0 aliphatic carbocycles. The first-order chi connectivity index (χ1) is 17.7. The van der Waals surface area contributed by atoms with Crippen LogP contribution in [0.4, 0.5) is 17.1 Å². The molecule has 0 bridgehead atoms. The molecular weight excluding hydrogens is 474 g/mol. The molecule has 0 saturated heterocycles. The molecule has 4 rings (SSSR count). The summed E-state index contributed by atoms with van der Waals surface area (Å²) in [7, 11) is 0. The summed E-state index contributed by atoms with van der Waals surface area (Å²) in [5, 5.41) is 32.9. The summed E-state index contributed by atoms with van der Waals surface area (Å²) in [6.45, 7) is 3.95. The van der Waals surface area contributed by atoms with Crippen molar-refractivity contribution in [3.05, 3.63) is 155 Å². The minimum atomic E-state index is -0.587. The molecule has 0 unspecified atom stereocenters. The Kier molecular flexibility index (Phi) is 8.77. The van der Waals surface area contributed by atoms with Crippen molar-refractivity contribution in [1.29, 1.82) is 0 Å². The van der Waals surface area contributed by atoms with Crippen LogP contribution in [-0.2, 0) is 12.8 Å². The molecule has 4 aromatic carbocycles. The largest absolute Gasteiger partial charge is 0.279 e. The third-order valence-corrected chi connectivity index (χ3v) is 5.72. The molecule has 0 fully saturated rings. The highest BCUT2D eigenvalue weighted by molar-refractivity contribution is 5.55. The SMILES string of the molecule is Cc1ccc(Cc2c([N+](=O)[O-])cccc2[N+](=O)[O-])cc1.Cc1ccc(Cc2ccccc2[N+](=O)[O-])cc1. The van der Waals surface area contributed by atoms with Gasteiger partial charge in [0.2, 0.25) is 0 Å². The van der Waals surface area contributed by atoms with Crippen LogP contribution in [0.1, 0.15) is 33.4 Å². The Labute approximate surface area is 213 Å². The van der Waals surface area contributed by atoms with E-state index in [1.807, 2.05) is 68.4 Å². The van der Waals surface area contributed by atoms with Crippen LogP contribution in [-0.4, -0.2) is 14.8 Å². The van der Waals surface area contributed by atoms with Crippen LogP contribution in [0.2, 0.25) is 0 Å². The first kappa shape index (κ1) is 26.7. The number of hydrogen-bond acceptors (Lipinski definition) is 6. The van der Waals surface area contributed by atoms with E-state index in [0.717, 1.165) is 22.3 Å². The number of benzene rings is 4. The second-order valence-electron chi connectivity index (χ2n) is 8.50. The average Bonchev–Trinajstić information content (AvgIpc) is 2.87. The van der Waals surface area contributed by atoms with E-state index in [2.05, 4.69) is 0 Å². The van der Waals surface area contributed by atoms with Crippen molar-refractivity contribution in [3.8, 4) is 0 Å². The Hall–Kier alpha value is -4.92. The number of nitro benzene ring substituents is 3. The van der Waals surface area contributed by atoms with Gasteiger partial charge in [-0.2, -0.15) is 0 Å². The summed E-state index contributed by atoms with van der Waals surface area (Å²) in [6, 6.07) is 26.2. The number of aryl methyl sites for hydroxylation is 2. The third kappa shape index (κ3) is 7.28. The van der Waals surface area contributed by atoms with Gasteiger partial charge < -0.3 is 0 Å². The van der Waals surface area contributed by atoms with Gasteiger partial charge in [-0.15, -0.1) is 0 Å². The molecule has 0 spiro atoms. The minimum Gasteiger partial charge on any atom is -0.258 e. The zero-order valence-corrected chi connectivity index (χ0v) is 20.4. The van der Waals surface area contributed by atoms with Crippen molar-refractivity contribution in [2.24, 2.45) is 0 Å². The minimum absolute atomic E-state index is 0.131. The predicted octanol–water partition coefficient (Wildman–Crippen LogP) is 6.90. The highest BCUT2D eigenvalue weighted by Gasteiger charge is 2.24. The van der Waals surface area contributed by atoms with Crippen LogP contribution in [0.5, 0.6) is 0 Å². The van der Waals surface area contributed by atoms with Crippen molar-refractivity contribution in [2.45, 2.75) is 26.7 Å². The number of nitrogens with zero attached hydrogens (tertiary/aromatic N) is 3. The molecule has 0 atom stereocenters. The molecule has 0 saturated carbocycles. The van der Waals surface area contributed by atoms with Crippen molar-refractivity contribution in [2.75, 3.05) is 0 Å². The normalized spacial score (nSPS) is 10.2. The Balaban J connectivity index is 0.000000208. The van der Waals surface area contributed by atoms with Crippen molar-refractivity contribution in [1.82, 2.24) is 0 Å². The van der Waals surface area contributed by atoms with Crippen LogP contribution in [0.3, 0.4) is 0 Å². The molecule has 188 valence electrons. The average molecular weight is 500 g/mol. The van der Waals surface area contributed by atoms with Gasteiger partial charge >= 0.3 is 0 Å². The van der Waals surface area contributed by atoms with Crippen LogP contribution < -0.4 is 0 Å². The maximum Gasteiger partial charge on any atom is 0.279 e. The molecule has 37 heavy (non-hydrogen) atoms. The number of hydrogen-bond donors (Lipinski definition) is 0. The maximum absolute atomic E-state index is 11.0. The zero-order valence-electron chi connectivity index (χ0n) is 20.4. The Morgan fingerprint density at radius 1 is 0.514 bits per heavy atom. The summed E-state index contributed by atoms with van der Waals surface area (Å²) in [6.07, 6.45) is 0.755. The fourth-order valence-corrected chi connectivity index (χ4v) is 3.76. The van der Waals surface area contributed by atoms with E-state index in [0.29, 0.717) is 6.42 Å². The Bertz CT molecular complexity index is 1380. The fraction of sp³-hybridized carbons (Fsp3) is 0.143. The molecule has 0 aliphatic rings. The van der Waals surface area contributed by atoms with Gasteiger partial charge in [-0.25, -0.2) is 0 Å². The van der Waals surface area contributed by atoms with Gasteiger partial charge in [0, 0.05) is 36.6 Å².